The average Bonchev–Trinajstić information content (AvgIpc) is 3.40. The van der Waals surface area contributed by atoms with E-state index in [9.17, 15) is 4.79 Å². The van der Waals surface area contributed by atoms with Crippen LogP contribution in [-0.4, -0.2) is 30.6 Å². The van der Waals surface area contributed by atoms with Gasteiger partial charge >= 0.3 is 0 Å². The summed E-state index contributed by atoms with van der Waals surface area (Å²) in [6, 6.07) is 12.2. The Morgan fingerprint density at radius 1 is 1.16 bits per heavy atom. The quantitative estimate of drug-likeness (QED) is 0.374. The van der Waals surface area contributed by atoms with E-state index >= 15 is 0 Å². The molecule has 3 heterocycles. The highest BCUT2D eigenvalue weighted by Crippen LogP contribution is 2.41. The number of anilines is 1. The fraction of sp³-hybridized carbons (Fsp3) is 0.261. The second-order valence-corrected chi connectivity index (χ2v) is 9.64. The van der Waals surface area contributed by atoms with Gasteiger partial charge in [0, 0.05) is 40.8 Å². The van der Waals surface area contributed by atoms with Gasteiger partial charge in [-0.15, -0.1) is 21.5 Å². The first-order valence-electron chi connectivity index (χ1n) is 10.4. The van der Waals surface area contributed by atoms with E-state index in [1.807, 2.05) is 48.7 Å². The predicted octanol–water partition coefficient (Wildman–Crippen LogP) is 4.91. The molecule has 7 nitrogen and oxygen atoms in total. The van der Waals surface area contributed by atoms with Gasteiger partial charge in [-0.05, 0) is 44.0 Å². The molecule has 0 atom stereocenters. The van der Waals surface area contributed by atoms with Crippen molar-refractivity contribution < 1.29 is 4.79 Å². The third-order valence-electron chi connectivity index (χ3n) is 5.11. The maximum Gasteiger partial charge on any atom is 0.231 e. The molecule has 1 N–H and O–H groups in total. The zero-order chi connectivity index (χ0) is 21.9. The molecular formula is C23H22N6OS2. The van der Waals surface area contributed by atoms with E-state index in [1.165, 1.54) is 11.3 Å². The Morgan fingerprint density at radius 3 is 2.69 bits per heavy atom. The number of nitrogens with one attached hydrogen (secondary N) is 1. The first-order chi connectivity index (χ1) is 15.7. The fourth-order valence-electron chi connectivity index (χ4n) is 3.35. The SMILES string of the molecule is Cc1ccc(NC(=O)Cc2nc(CSc3nnc(-c4ccncc4)n3C3CC3)cs2)cc1. The van der Waals surface area contributed by atoms with Crippen LogP contribution in [0.1, 0.15) is 35.1 Å². The molecule has 1 saturated carbocycles. The molecule has 1 amide bonds. The monoisotopic (exact) mass is 462 g/mol. The van der Waals surface area contributed by atoms with Gasteiger partial charge in [-0.2, -0.15) is 0 Å². The first-order valence-corrected chi connectivity index (χ1v) is 12.3. The van der Waals surface area contributed by atoms with E-state index in [-0.39, 0.29) is 12.3 Å². The third-order valence-corrected chi connectivity index (χ3v) is 6.98. The Bertz CT molecular complexity index is 1220. The van der Waals surface area contributed by atoms with E-state index in [0.717, 1.165) is 51.3 Å². The molecule has 0 unspecified atom stereocenters. The van der Waals surface area contributed by atoms with Crippen molar-refractivity contribution in [2.45, 2.75) is 43.1 Å². The van der Waals surface area contributed by atoms with Crippen LogP contribution in [0.25, 0.3) is 11.4 Å². The zero-order valence-electron chi connectivity index (χ0n) is 17.6. The number of hydrogen-bond acceptors (Lipinski definition) is 7. The van der Waals surface area contributed by atoms with Crippen molar-refractivity contribution in [1.82, 2.24) is 24.7 Å². The number of aromatic nitrogens is 5. The summed E-state index contributed by atoms with van der Waals surface area (Å²) in [6.45, 7) is 2.02. The van der Waals surface area contributed by atoms with Gasteiger partial charge in [0.25, 0.3) is 0 Å². The number of aryl methyl sites for hydroxylation is 1. The largest absolute Gasteiger partial charge is 0.326 e. The van der Waals surface area contributed by atoms with Gasteiger partial charge in [-0.25, -0.2) is 4.98 Å². The molecule has 32 heavy (non-hydrogen) atoms. The minimum atomic E-state index is -0.0575. The highest BCUT2D eigenvalue weighted by molar-refractivity contribution is 7.98. The number of carbonyl (C=O) groups excluding carboxylic acids is 1. The molecular weight excluding hydrogens is 440 g/mol. The molecule has 1 aliphatic rings. The molecule has 0 bridgehead atoms. The van der Waals surface area contributed by atoms with Gasteiger partial charge in [0.2, 0.25) is 5.91 Å². The van der Waals surface area contributed by atoms with Crippen LogP contribution in [0.4, 0.5) is 5.69 Å². The Balaban J connectivity index is 1.22. The fourth-order valence-corrected chi connectivity index (χ4v) is 5.15. The molecule has 9 heteroatoms. The van der Waals surface area contributed by atoms with E-state index in [2.05, 4.69) is 30.0 Å². The van der Waals surface area contributed by atoms with Crippen LogP contribution >= 0.6 is 23.1 Å². The zero-order valence-corrected chi connectivity index (χ0v) is 19.2. The normalized spacial score (nSPS) is 13.3. The van der Waals surface area contributed by atoms with Crippen LogP contribution in [0.5, 0.6) is 0 Å². The number of rotatable bonds is 8. The second-order valence-electron chi connectivity index (χ2n) is 7.76. The molecule has 0 saturated heterocycles. The number of thiazole rings is 1. The number of pyridine rings is 1. The standard InChI is InChI=1S/C23H22N6OS2/c1-15-2-4-17(5-3-15)25-20(30)12-21-26-18(13-31-21)14-32-23-28-27-22(29(23)19-6-7-19)16-8-10-24-11-9-16/h2-5,8-11,13,19H,6-7,12,14H2,1H3,(H,25,30). The van der Waals surface area contributed by atoms with Gasteiger partial charge in [0.05, 0.1) is 12.1 Å². The maximum absolute atomic E-state index is 12.3. The lowest BCUT2D eigenvalue weighted by Gasteiger charge is -2.08. The van der Waals surface area contributed by atoms with E-state index in [0.29, 0.717) is 11.8 Å². The number of nitrogens with zero attached hydrogens (tertiary/aromatic N) is 5. The van der Waals surface area contributed by atoms with Crippen LogP contribution < -0.4 is 5.32 Å². The smallest absolute Gasteiger partial charge is 0.231 e. The molecule has 4 aromatic rings. The van der Waals surface area contributed by atoms with Crippen molar-refractivity contribution >= 4 is 34.7 Å². The summed E-state index contributed by atoms with van der Waals surface area (Å²) in [7, 11) is 0. The Kier molecular flexibility index (Phi) is 6.00. The molecule has 1 aromatic carbocycles. The van der Waals surface area contributed by atoms with Gasteiger partial charge < -0.3 is 5.32 Å². The first kappa shape index (κ1) is 20.8. The Morgan fingerprint density at radius 2 is 1.94 bits per heavy atom. The summed E-state index contributed by atoms with van der Waals surface area (Å²) < 4.78 is 2.24. The van der Waals surface area contributed by atoms with Crippen LogP contribution in [0.2, 0.25) is 0 Å². The summed E-state index contributed by atoms with van der Waals surface area (Å²) >= 11 is 3.15. The van der Waals surface area contributed by atoms with Crippen LogP contribution in [0.3, 0.4) is 0 Å². The highest BCUT2D eigenvalue weighted by Gasteiger charge is 2.30. The summed E-state index contributed by atoms with van der Waals surface area (Å²) in [6.07, 6.45) is 6.13. The molecule has 1 aliphatic carbocycles. The van der Waals surface area contributed by atoms with Crippen LogP contribution in [-0.2, 0) is 17.0 Å². The lowest BCUT2D eigenvalue weighted by molar-refractivity contribution is -0.115. The summed E-state index contributed by atoms with van der Waals surface area (Å²) in [4.78, 5) is 21.1. The van der Waals surface area contributed by atoms with Crippen LogP contribution in [0.15, 0.2) is 59.3 Å². The number of hydrogen-bond donors (Lipinski definition) is 1. The van der Waals surface area contributed by atoms with Gasteiger partial charge in [-0.3, -0.25) is 14.3 Å². The van der Waals surface area contributed by atoms with Crippen molar-refractivity contribution in [2.24, 2.45) is 0 Å². The molecule has 1 fully saturated rings. The number of carbonyl (C=O) groups is 1. The van der Waals surface area contributed by atoms with Gasteiger partial charge in [-0.1, -0.05) is 29.5 Å². The van der Waals surface area contributed by atoms with E-state index < -0.39 is 0 Å². The van der Waals surface area contributed by atoms with Crippen LogP contribution in [0, 0.1) is 6.92 Å². The van der Waals surface area contributed by atoms with Crippen molar-refractivity contribution in [3.8, 4) is 11.4 Å². The van der Waals surface area contributed by atoms with Gasteiger partial charge in [0.1, 0.15) is 5.01 Å². The topological polar surface area (TPSA) is 85.6 Å². The predicted molar refractivity (Wildman–Crippen MR) is 127 cm³/mol. The number of thioether (sulfide) groups is 1. The lowest BCUT2D eigenvalue weighted by atomic mass is 10.2. The number of benzene rings is 1. The van der Waals surface area contributed by atoms with Crippen molar-refractivity contribution in [2.75, 3.05) is 5.32 Å². The summed E-state index contributed by atoms with van der Waals surface area (Å²) in [5, 5.41) is 15.6. The minimum absolute atomic E-state index is 0.0575. The Hall–Kier alpha value is -3.04. The third kappa shape index (κ3) is 4.89. The minimum Gasteiger partial charge on any atom is -0.326 e. The van der Waals surface area contributed by atoms with Gasteiger partial charge in [0.15, 0.2) is 11.0 Å². The van der Waals surface area contributed by atoms with E-state index in [4.69, 9.17) is 0 Å². The summed E-state index contributed by atoms with van der Waals surface area (Å²) in [5.74, 6) is 1.53. The molecule has 162 valence electrons. The second kappa shape index (κ2) is 9.22. The molecule has 3 aromatic heterocycles. The van der Waals surface area contributed by atoms with E-state index in [1.54, 1.807) is 24.2 Å². The van der Waals surface area contributed by atoms with Crippen molar-refractivity contribution in [3.05, 3.63) is 70.4 Å². The average molecular weight is 463 g/mol. The number of amides is 1. The highest BCUT2D eigenvalue weighted by atomic mass is 32.2. The molecule has 5 rings (SSSR count). The molecule has 0 radical (unpaired) electrons. The maximum atomic E-state index is 12.3. The lowest BCUT2D eigenvalue weighted by Crippen LogP contribution is -2.14. The van der Waals surface area contributed by atoms with Crippen molar-refractivity contribution in [3.63, 3.8) is 0 Å². The Labute approximate surface area is 194 Å². The summed E-state index contributed by atoms with van der Waals surface area (Å²) in [5.41, 5.74) is 3.95. The molecule has 0 aliphatic heterocycles. The molecule has 0 spiro atoms. The van der Waals surface area contributed by atoms with Crippen molar-refractivity contribution in [1.29, 1.82) is 0 Å².